The molecule has 1 aromatic carbocycles. The van der Waals surface area contributed by atoms with Gasteiger partial charge in [-0.2, -0.15) is 5.10 Å². The lowest BCUT2D eigenvalue weighted by molar-refractivity contribution is 1.09. The molecule has 0 radical (unpaired) electrons. The van der Waals surface area contributed by atoms with Crippen LogP contribution in [0.3, 0.4) is 0 Å². The number of hydrogen-bond acceptors (Lipinski definition) is 1. The Balaban J connectivity index is 0.000000337. The third-order valence-electron chi connectivity index (χ3n) is 1.86. The highest BCUT2D eigenvalue weighted by molar-refractivity contribution is 5.58. The van der Waals surface area contributed by atoms with Crippen molar-refractivity contribution in [1.29, 1.82) is 0 Å². The van der Waals surface area contributed by atoms with Crippen molar-refractivity contribution in [2.24, 2.45) is 0 Å². The normalized spacial score (nSPS) is 9.27. The molecule has 0 saturated carbocycles. The lowest BCUT2D eigenvalue weighted by Crippen LogP contribution is -1.77. The molecule has 0 spiro atoms. The topological polar surface area (TPSA) is 28.7 Å². The lowest BCUT2D eigenvalue weighted by Gasteiger charge is -1.96. The van der Waals surface area contributed by atoms with Gasteiger partial charge in [-0.1, -0.05) is 50.1 Å². The van der Waals surface area contributed by atoms with Gasteiger partial charge in [0.25, 0.3) is 0 Å². The van der Waals surface area contributed by atoms with E-state index in [1.165, 1.54) is 17.5 Å². The molecule has 0 bridgehead atoms. The summed E-state index contributed by atoms with van der Waals surface area (Å²) in [6.07, 6.45) is 3.01. The first-order valence-electron chi connectivity index (χ1n) is 5.34. The smallest absolute Gasteiger partial charge is 0.0650 e. The molecule has 2 aromatic rings. The van der Waals surface area contributed by atoms with Crippen LogP contribution in [0.4, 0.5) is 0 Å². The maximum Gasteiger partial charge on any atom is 0.0650 e. The van der Waals surface area contributed by atoms with Gasteiger partial charge in [-0.25, -0.2) is 0 Å². The van der Waals surface area contributed by atoms with Crippen LogP contribution in [-0.2, 0) is 0 Å². The molecule has 2 nitrogen and oxygen atoms in total. The number of rotatable bonds is 1. The van der Waals surface area contributed by atoms with E-state index in [-0.39, 0.29) is 0 Å². The van der Waals surface area contributed by atoms with Crippen molar-refractivity contribution in [3.63, 3.8) is 0 Å². The molecule has 0 fully saturated rings. The van der Waals surface area contributed by atoms with Gasteiger partial charge in [-0.3, -0.25) is 5.10 Å². The minimum absolute atomic E-state index is 1.06. The molecule has 2 rings (SSSR count). The number of benzene rings is 1. The van der Waals surface area contributed by atoms with Gasteiger partial charge in [0.2, 0.25) is 0 Å². The lowest BCUT2D eigenvalue weighted by atomic mass is 10.1. The summed E-state index contributed by atoms with van der Waals surface area (Å²) >= 11 is 0. The summed E-state index contributed by atoms with van der Waals surface area (Å²) in [6, 6.07) is 10.3. The SMILES string of the molecule is CCC.Cc1ccc(-c2ccn[nH]2)cc1. The minimum atomic E-state index is 1.06. The highest BCUT2D eigenvalue weighted by atomic mass is 15.1. The van der Waals surface area contributed by atoms with Crippen LogP contribution in [0.2, 0.25) is 0 Å². The van der Waals surface area contributed by atoms with Crippen molar-refractivity contribution in [2.75, 3.05) is 0 Å². The van der Waals surface area contributed by atoms with Gasteiger partial charge in [0.05, 0.1) is 5.69 Å². The van der Waals surface area contributed by atoms with Gasteiger partial charge in [-0.15, -0.1) is 0 Å². The van der Waals surface area contributed by atoms with E-state index in [1.54, 1.807) is 6.20 Å². The molecule has 2 heteroatoms. The van der Waals surface area contributed by atoms with E-state index < -0.39 is 0 Å². The van der Waals surface area contributed by atoms with Crippen molar-refractivity contribution < 1.29 is 0 Å². The van der Waals surface area contributed by atoms with E-state index in [0.717, 1.165) is 5.69 Å². The Kier molecular flexibility index (Phi) is 4.61. The van der Waals surface area contributed by atoms with E-state index in [0.29, 0.717) is 0 Å². The summed E-state index contributed by atoms with van der Waals surface area (Å²) in [5, 5.41) is 6.82. The number of nitrogens with zero attached hydrogens (tertiary/aromatic N) is 1. The van der Waals surface area contributed by atoms with Crippen LogP contribution in [0.25, 0.3) is 11.3 Å². The van der Waals surface area contributed by atoms with E-state index in [1.807, 2.05) is 6.07 Å². The molecule has 0 atom stereocenters. The third-order valence-corrected chi connectivity index (χ3v) is 1.86. The first-order valence-corrected chi connectivity index (χ1v) is 5.34. The number of hydrogen-bond donors (Lipinski definition) is 1. The molecule has 1 N–H and O–H groups in total. The average molecular weight is 202 g/mol. The largest absolute Gasteiger partial charge is 0.278 e. The van der Waals surface area contributed by atoms with Gasteiger partial charge < -0.3 is 0 Å². The summed E-state index contributed by atoms with van der Waals surface area (Å²) in [7, 11) is 0. The van der Waals surface area contributed by atoms with Crippen LogP contribution < -0.4 is 0 Å². The molecule has 0 aliphatic carbocycles. The molecule has 1 aromatic heterocycles. The zero-order chi connectivity index (χ0) is 11.1. The molecule has 0 unspecified atom stereocenters. The third kappa shape index (κ3) is 3.58. The Morgan fingerprint density at radius 1 is 1.07 bits per heavy atom. The zero-order valence-electron chi connectivity index (χ0n) is 9.62. The summed E-state index contributed by atoms with van der Waals surface area (Å²) in [6.45, 7) is 6.33. The molecule has 0 aliphatic heterocycles. The Bertz CT molecular complexity index is 360. The maximum absolute atomic E-state index is 3.90. The molecule has 0 amide bonds. The van der Waals surface area contributed by atoms with Gasteiger partial charge >= 0.3 is 0 Å². The van der Waals surface area contributed by atoms with Crippen molar-refractivity contribution in [3.05, 3.63) is 42.1 Å². The highest BCUT2D eigenvalue weighted by Gasteiger charge is 1.95. The fourth-order valence-corrected chi connectivity index (χ4v) is 1.15. The minimum Gasteiger partial charge on any atom is -0.278 e. The number of H-pyrrole nitrogens is 1. The number of aryl methyl sites for hydroxylation is 1. The van der Waals surface area contributed by atoms with E-state index in [9.17, 15) is 0 Å². The average Bonchev–Trinajstić information content (AvgIpc) is 2.73. The van der Waals surface area contributed by atoms with Crippen LogP contribution in [-0.4, -0.2) is 10.2 Å². The van der Waals surface area contributed by atoms with Gasteiger partial charge in [0.15, 0.2) is 0 Å². The molecule has 0 aliphatic rings. The number of nitrogens with one attached hydrogen (secondary N) is 1. The Hall–Kier alpha value is -1.57. The quantitative estimate of drug-likeness (QED) is 0.748. The van der Waals surface area contributed by atoms with Crippen molar-refractivity contribution >= 4 is 0 Å². The van der Waals surface area contributed by atoms with E-state index >= 15 is 0 Å². The van der Waals surface area contributed by atoms with Crippen molar-refractivity contribution in [3.8, 4) is 11.3 Å². The number of aromatic nitrogens is 2. The fraction of sp³-hybridized carbons (Fsp3) is 0.308. The summed E-state index contributed by atoms with van der Waals surface area (Å²) < 4.78 is 0. The van der Waals surface area contributed by atoms with Crippen LogP contribution in [0.5, 0.6) is 0 Å². The molecule has 0 saturated heterocycles. The van der Waals surface area contributed by atoms with Gasteiger partial charge in [0.1, 0.15) is 0 Å². The highest BCUT2D eigenvalue weighted by Crippen LogP contribution is 2.15. The van der Waals surface area contributed by atoms with Gasteiger partial charge in [-0.05, 0) is 18.6 Å². The Labute approximate surface area is 91.4 Å². The summed E-state index contributed by atoms with van der Waals surface area (Å²) in [5.74, 6) is 0. The second-order valence-corrected chi connectivity index (χ2v) is 3.54. The standard InChI is InChI=1S/C10H10N2.C3H8/c1-8-2-4-9(5-3-8)10-6-7-11-12-10;1-3-2/h2-7H,1H3,(H,11,12);3H2,1-2H3. The Morgan fingerprint density at radius 2 is 1.67 bits per heavy atom. The summed E-state index contributed by atoms with van der Waals surface area (Å²) in [4.78, 5) is 0. The first-order chi connectivity index (χ1) is 7.27. The van der Waals surface area contributed by atoms with Crippen LogP contribution in [0.15, 0.2) is 36.5 Å². The van der Waals surface area contributed by atoms with Crippen LogP contribution >= 0.6 is 0 Å². The maximum atomic E-state index is 3.90. The summed E-state index contributed by atoms with van der Waals surface area (Å²) in [5.41, 5.74) is 3.52. The van der Waals surface area contributed by atoms with E-state index in [2.05, 4.69) is 55.2 Å². The number of aromatic amines is 1. The predicted molar refractivity (Wildman–Crippen MR) is 64.7 cm³/mol. The van der Waals surface area contributed by atoms with Gasteiger partial charge in [0, 0.05) is 6.20 Å². The monoisotopic (exact) mass is 202 g/mol. The first kappa shape index (κ1) is 11.5. The molecular formula is C13H18N2. The van der Waals surface area contributed by atoms with Crippen LogP contribution in [0.1, 0.15) is 25.8 Å². The fourth-order valence-electron chi connectivity index (χ4n) is 1.15. The molecule has 80 valence electrons. The molecule has 15 heavy (non-hydrogen) atoms. The predicted octanol–water partition coefficient (Wildman–Crippen LogP) is 3.80. The van der Waals surface area contributed by atoms with Crippen molar-refractivity contribution in [1.82, 2.24) is 10.2 Å². The molecule has 1 heterocycles. The van der Waals surface area contributed by atoms with E-state index in [4.69, 9.17) is 0 Å². The van der Waals surface area contributed by atoms with Crippen LogP contribution in [0, 0.1) is 6.92 Å². The second kappa shape index (κ2) is 6.02. The molecular weight excluding hydrogens is 184 g/mol. The second-order valence-electron chi connectivity index (χ2n) is 3.54. The zero-order valence-corrected chi connectivity index (χ0v) is 9.62. The Morgan fingerprint density at radius 3 is 2.13 bits per heavy atom. The van der Waals surface area contributed by atoms with Crippen molar-refractivity contribution in [2.45, 2.75) is 27.2 Å².